The highest BCUT2D eigenvalue weighted by Gasteiger charge is 2.33. The van der Waals surface area contributed by atoms with Crippen molar-refractivity contribution in [1.29, 1.82) is 0 Å². The normalized spacial score (nSPS) is 25.7. The van der Waals surface area contributed by atoms with E-state index in [4.69, 9.17) is 11.2 Å². The van der Waals surface area contributed by atoms with Gasteiger partial charge in [-0.15, -0.1) is 6.42 Å². The number of hydrogen-bond donors (Lipinski definition) is 0. The van der Waals surface area contributed by atoms with Gasteiger partial charge in [0.1, 0.15) is 5.75 Å². The molecule has 1 aromatic rings. The van der Waals surface area contributed by atoms with Crippen LogP contribution in [0.5, 0.6) is 5.75 Å². The Morgan fingerprint density at radius 1 is 1.50 bits per heavy atom. The van der Waals surface area contributed by atoms with E-state index in [-0.39, 0.29) is 0 Å². The molecule has 0 aliphatic carbocycles. The van der Waals surface area contributed by atoms with E-state index >= 15 is 0 Å². The Bertz CT molecular complexity index is 326. The fourth-order valence-electron chi connectivity index (χ4n) is 1.12. The molecule has 0 N–H and O–H groups in total. The van der Waals surface area contributed by atoms with E-state index in [1.54, 1.807) is 11.8 Å². The molecule has 12 heavy (non-hydrogen) atoms. The predicted octanol–water partition coefficient (Wildman–Crippen LogP) is 2.52. The van der Waals surface area contributed by atoms with Crippen LogP contribution in [0.2, 0.25) is 0 Å². The van der Waals surface area contributed by atoms with Crippen LogP contribution < -0.4 is 4.74 Å². The molecule has 0 spiro atoms. The van der Waals surface area contributed by atoms with Crippen LogP contribution in [0.4, 0.5) is 0 Å². The van der Waals surface area contributed by atoms with Gasteiger partial charge in [-0.05, 0) is 25.0 Å². The SMILES string of the molecule is C#CC1(C)Oc2ccccc2S1. The predicted molar refractivity (Wildman–Crippen MR) is 50.2 cm³/mol. The fraction of sp³-hybridized carbons (Fsp3) is 0.200. The van der Waals surface area contributed by atoms with Crippen LogP contribution in [0.3, 0.4) is 0 Å². The zero-order valence-corrected chi connectivity index (χ0v) is 7.52. The molecular weight excluding hydrogens is 168 g/mol. The number of ether oxygens (including phenoxy) is 1. The Morgan fingerprint density at radius 3 is 2.92 bits per heavy atom. The Balaban J connectivity index is 2.41. The molecule has 1 aromatic carbocycles. The lowest BCUT2D eigenvalue weighted by Crippen LogP contribution is -2.20. The molecule has 1 atom stereocenters. The van der Waals surface area contributed by atoms with Gasteiger partial charge in [0.25, 0.3) is 0 Å². The van der Waals surface area contributed by atoms with Crippen LogP contribution >= 0.6 is 11.8 Å². The molecule has 0 fully saturated rings. The number of fused-ring (bicyclic) bond motifs is 1. The first-order valence-electron chi connectivity index (χ1n) is 3.68. The molecule has 2 heteroatoms. The molecule has 60 valence electrons. The number of hydrogen-bond acceptors (Lipinski definition) is 2. The molecule has 1 aliphatic rings. The molecule has 0 radical (unpaired) electrons. The second kappa shape index (κ2) is 2.46. The highest BCUT2D eigenvalue weighted by atomic mass is 32.2. The minimum absolute atomic E-state index is 0.510. The molecular formula is C10H8OS. The summed E-state index contributed by atoms with van der Waals surface area (Å²) in [5.74, 6) is 3.52. The molecule has 1 nitrogen and oxygen atoms in total. The van der Waals surface area contributed by atoms with Crippen molar-refractivity contribution in [3.05, 3.63) is 24.3 Å². The highest BCUT2D eigenvalue weighted by molar-refractivity contribution is 8.01. The van der Waals surface area contributed by atoms with Crippen molar-refractivity contribution >= 4 is 11.8 Å². The number of para-hydroxylation sites is 1. The first kappa shape index (κ1) is 7.57. The lowest BCUT2D eigenvalue weighted by atomic mass is 10.3. The first-order valence-corrected chi connectivity index (χ1v) is 4.50. The maximum atomic E-state index is 5.57. The third kappa shape index (κ3) is 1.07. The van der Waals surface area contributed by atoms with Gasteiger partial charge in [0, 0.05) is 0 Å². The maximum Gasteiger partial charge on any atom is 0.217 e. The van der Waals surface area contributed by atoms with Crippen LogP contribution in [0.1, 0.15) is 6.92 Å². The third-order valence-electron chi connectivity index (χ3n) is 1.72. The van der Waals surface area contributed by atoms with Gasteiger partial charge in [0.05, 0.1) is 4.90 Å². The van der Waals surface area contributed by atoms with Crippen molar-refractivity contribution in [3.63, 3.8) is 0 Å². The maximum absolute atomic E-state index is 5.57. The van der Waals surface area contributed by atoms with Crippen molar-refractivity contribution in [3.8, 4) is 18.1 Å². The van der Waals surface area contributed by atoms with Crippen molar-refractivity contribution in [2.75, 3.05) is 0 Å². The summed E-state index contributed by atoms with van der Waals surface area (Å²) in [6.07, 6.45) is 5.35. The van der Waals surface area contributed by atoms with Gasteiger partial charge in [-0.1, -0.05) is 23.9 Å². The molecule has 1 unspecified atom stereocenters. The van der Waals surface area contributed by atoms with Gasteiger partial charge >= 0.3 is 0 Å². The topological polar surface area (TPSA) is 9.23 Å². The average Bonchev–Trinajstić information content (AvgIpc) is 2.42. The zero-order valence-electron chi connectivity index (χ0n) is 6.70. The molecule has 0 saturated carbocycles. The Hall–Kier alpha value is -1.07. The van der Waals surface area contributed by atoms with Crippen molar-refractivity contribution < 1.29 is 4.74 Å². The highest BCUT2D eigenvalue weighted by Crippen LogP contribution is 2.46. The summed E-state index contributed by atoms with van der Waals surface area (Å²) in [6, 6.07) is 7.88. The smallest absolute Gasteiger partial charge is 0.217 e. The molecule has 1 aliphatic heterocycles. The monoisotopic (exact) mass is 176 g/mol. The summed E-state index contributed by atoms with van der Waals surface area (Å²) in [5, 5.41) is 0. The van der Waals surface area contributed by atoms with Crippen LogP contribution in [-0.4, -0.2) is 4.93 Å². The van der Waals surface area contributed by atoms with Gasteiger partial charge < -0.3 is 4.74 Å². The largest absolute Gasteiger partial charge is 0.464 e. The number of benzene rings is 1. The van der Waals surface area contributed by atoms with E-state index in [1.807, 2.05) is 31.2 Å². The van der Waals surface area contributed by atoms with E-state index < -0.39 is 4.93 Å². The van der Waals surface area contributed by atoms with E-state index in [9.17, 15) is 0 Å². The quantitative estimate of drug-likeness (QED) is 0.562. The second-order valence-corrected chi connectivity index (χ2v) is 4.16. The third-order valence-corrected chi connectivity index (χ3v) is 2.87. The first-order chi connectivity index (χ1) is 5.73. The van der Waals surface area contributed by atoms with Crippen molar-refractivity contribution in [1.82, 2.24) is 0 Å². The summed E-state index contributed by atoms with van der Waals surface area (Å²) in [5.41, 5.74) is 0. The van der Waals surface area contributed by atoms with Gasteiger partial charge in [-0.3, -0.25) is 0 Å². The Kier molecular flexibility index (Phi) is 1.55. The van der Waals surface area contributed by atoms with Crippen molar-refractivity contribution in [2.45, 2.75) is 16.8 Å². The standard InChI is InChI=1S/C10H8OS/c1-3-10(2)11-8-6-4-5-7-9(8)12-10/h1,4-7H,2H3. The summed E-state index contributed by atoms with van der Waals surface area (Å²) in [6.45, 7) is 1.90. The van der Waals surface area contributed by atoms with Gasteiger partial charge in [-0.25, -0.2) is 0 Å². The Morgan fingerprint density at radius 2 is 2.25 bits per heavy atom. The van der Waals surface area contributed by atoms with Crippen LogP contribution in [0.15, 0.2) is 29.2 Å². The van der Waals surface area contributed by atoms with E-state index in [0.29, 0.717) is 0 Å². The average molecular weight is 176 g/mol. The minimum atomic E-state index is -0.510. The number of rotatable bonds is 0. The van der Waals surface area contributed by atoms with Crippen LogP contribution in [0.25, 0.3) is 0 Å². The van der Waals surface area contributed by atoms with Crippen LogP contribution in [-0.2, 0) is 0 Å². The van der Waals surface area contributed by atoms with Crippen LogP contribution in [0, 0.1) is 12.3 Å². The minimum Gasteiger partial charge on any atom is -0.464 e. The Labute approximate surface area is 76.1 Å². The van der Waals surface area contributed by atoms with E-state index in [0.717, 1.165) is 10.6 Å². The van der Waals surface area contributed by atoms with Gasteiger partial charge in [0.2, 0.25) is 4.93 Å². The van der Waals surface area contributed by atoms with E-state index in [1.165, 1.54) is 0 Å². The molecule has 2 rings (SSSR count). The molecule has 0 aromatic heterocycles. The summed E-state index contributed by atoms with van der Waals surface area (Å²) in [7, 11) is 0. The summed E-state index contributed by atoms with van der Waals surface area (Å²) in [4.78, 5) is 0.613. The molecule has 0 bridgehead atoms. The molecule has 0 saturated heterocycles. The lowest BCUT2D eigenvalue weighted by molar-refractivity contribution is 0.253. The van der Waals surface area contributed by atoms with E-state index in [2.05, 4.69) is 5.92 Å². The number of terminal acetylenes is 1. The van der Waals surface area contributed by atoms with Gasteiger partial charge in [-0.2, -0.15) is 0 Å². The van der Waals surface area contributed by atoms with Gasteiger partial charge in [0.15, 0.2) is 0 Å². The zero-order chi connectivity index (χ0) is 8.60. The molecule has 0 amide bonds. The molecule has 1 heterocycles. The summed E-state index contributed by atoms with van der Waals surface area (Å²) >= 11 is 1.58. The lowest BCUT2D eigenvalue weighted by Gasteiger charge is -2.14. The second-order valence-electron chi connectivity index (χ2n) is 2.74. The fourth-order valence-corrected chi connectivity index (χ4v) is 2.09. The number of thioether (sulfide) groups is 1. The summed E-state index contributed by atoms with van der Waals surface area (Å²) < 4.78 is 5.57. The van der Waals surface area contributed by atoms with Crippen molar-refractivity contribution in [2.24, 2.45) is 0 Å².